The Morgan fingerprint density at radius 3 is 2.79 bits per heavy atom. The minimum absolute atomic E-state index is 0.389. The number of nitrogens with one attached hydrogen (secondary N) is 1. The molecule has 5 heteroatoms. The number of hydrogen-bond donors (Lipinski definition) is 1. The van der Waals surface area contributed by atoms with Crippen LogP contribution in [0.3, 0.4) is 0 Å². The first-order chi connectivity index (χ1) is 6.68. The molecule has 0 atom stereocenters. The quantitative estimate of drug-likeness (QED) is 0.689. The average Bonchev–Trinajstić information content (AvgIpc) is 2.50. The first-order valence-corrected chi connectivity index (χ1v) is 4.78. The maximum absolute atomic E-state index is 5.32. The van der Waals surface area contributed by atoms with Gasteiger partial charge in [0.25, 0.3) is 0 Å². The predicted octanol–water partition coefficient (Wildman–Crippen LogP) is 0.893. The van der Waals surface area contributed by atoms with E-state index in [9.17, 15) is 0 Å². The van der Waals surface area contributed by atoms with Crippen LogP contribution in [0.5, 0.6) is 0 Å². The second-order valence-electron chi connectivity index (χ2n) is 3.38. The van der Waals surface area contributed by atoms with Gasteiger partial charge in [0.1, 0.15) is 6.61 Å². The highest BCUT2D eigenvalue weighted by Gasteiger charge is 2.01. The Morgan fingerprint density at radius 1 is 1.43 bits per heavy atom. The molecule has 1 N–H and O–H groups in total. The lowest BCUT2D eigenvalue weighted by molar-refractivity contribution is 0.103. The number of aromatic nitrogens is 2. The Hall–Kier alpha value is -0.940. The normalized spacial score (nSPS) is 11.1. The van der Waals surface area contributed by atoms with Gasteiger partial charge in [-0.1, -0.05) is 13.8 Å². The van der Waals surface area contributed by atoms with E-state index in [-0.39, 0.29) is 0 Å². The Bertz CT molecular complexity index is 260. The van der Waals surface area contributed by atoms with Crippen molar-refractivity contribution < 1.29 is 9.15 Å². The highest BCUT2D eigenvalue weighted by molar-refractivity contribution is 4.75. The second-order valence-corrected chi connectivity index (χ2v) is 3.38. The van der Waals surface area contributed by atoms with Crippen LogP contribution in [0, 0.1) is 6.92 Å². The van der Waals surface area contributed by atoms with Gasteiger partial charge in [-0.2, -0.15) is 0 Å². The van der Waals surface area contributed by atoms with Crippen molar-refractivity contribution in [1.29, 1.82) is 0 Å². The van der Waals surface area contributed by atoms with E-state index in [2.05, 4.69) is 29.4 Å². The standard InChI is InChI=1S/C9H17N3O2/c1-7(2)10-4-5-13-6-9-12-11-8(3)14-9/h7,10H,4-6H2,1-3H3. The van der Waals surface area contributed by atoms with Gasteiger partial charge in [0.2, 0.25) is 11.8 Å². The molecule has 80 valence electrons. The number of rotatable bonds is 6. The maximum atomic E-state index is 5.32. The lowest BCUT2D eigenvalue weighted by atomic mass is 10.4. The highest BCUT2D eigenvalue weighted by atomic mass is 16.5. The van der Waals surface area contributed by atoms with Gasteiger partial charge >= 0.3 is 0 Å². The zero-order chi connectivity index (χ0) is 10.4. The minimum Gasteiger partial charge on any atom is -0.423 e. The monoisotopic (exact) mass is 199 g/mol. The molecule has 0 unspecified atom stereocenters. The smallest absolute Gasteiger partial charge is 0.242 e. The summed E-state index contributed by atoms with van der Waals surface area (Å²) in [6.07, 6.45) is 0. The molecule has 0 spiro atoms. The number of nitrogens with zero attached hydrogens (tertiary/aromatic N) is 2. The maximum Gasteiger partial charge on any atom is 0.242 e. The van der Waals surface area contributed by atoms with E-state index in [1.807, 2.05) is 0 Å². The zero-order valence-electron chi connectivity index (χ0n) is 8.91. The van der Waals surface area contributed by atoms with Crippen molar-refractivity contribution in [2.24, 2.45) is 0 Å². The summed E-state index contributed by atoms with van der Waals surface area (Å²) in [5.41, 5.74) is 0. The molecule has 14 heavy (non-hydrogen) atoms. The van der Waals surface area contributed by atoms with Crippen LogP contribution < -0.4 is 5.32 Å². The second kappa shape index (κ2) is 5.72. The van der Waals surface area contributed by atoms with E-state index in [1.54, 1.807) is 6.92 Å². The molecule has 1 aromatic rings. The Labute approximate surface area is 83.9 Å². The average molecular weight is 199 g/mol. The van der Waals surface area contributed by atoms with Gasteiger partial charge in [-0.05, 0) is 0 Å². The summed E-state index contributed by atoms with van der Waals surface area (Å²) in [6, 6.07) is 0.490. The molecule has 5 nitrogen and oxygen atoms in total. The van der Waals surface area contributed by atoms with Crippen molar-refractivity contribution >= 4 is 0 Å². The molecule has 0 fully saturated rings. The topological polar surface area (TPSA) is 60.2 Å². The first-order valence-electron chi connectivity index (χ1n) is 4.78. The Balaban J connectivity index is 2.04. The summed E-state index contributed by atoms with van der Waals surface area (Å²) in [7, 11) is 0. The van der Waals surface area contributed by atoms with Crippen LogP contribution >= 0.6 is 0 Å². The van der Waals surface area contributed by atoms with Crippen LogP contribution in [-0.2, 0) is 11.3 Å². The van der Waals surface area contributed by atoms with Crippen molar-refractivity contribution in [1.82, 2.24) is 15.5 Å². The molecule has 0 aliphatic rings. The summed E-state index contributed by atoms with van der Waals surface area (Å²) in [6.45, 7) is 7.84. The molecular formula is C9H17N3O2. The fraction of sp³-hybridized carbons (Fsp3) is 0.778. The third kappa shape index (κ3) is 4.34. The number of hydrogen-bond acceptors (Lipinski definition) is 5. The minimum atomic E-state index is 0.389. The largest absolute Gasteiger partial charge is 0.423 e. The molecule has 1 aromatic heterocycles. The van der Waals surface area contributed by atoms with Crippen molar-refractivity contribution in [3.8, 4) is 0 Å². The summed E-state index contributed by atoms with van der Waals surface area (Å²) < 4.78 is 10.5. The predicted molar refractivity (Wildman–Crippen MR) is 51.8 cm³/mol. The third-order valence-electron chi connectivity index (χ3n) is 1.59. The molecule has 0 aromatic carbocycles. The van der Waals surface area contributed by atoms with E-state index < -0.39 is 0 Å². The molecule has 0 aliphatic heterocycles. The summed E-state index contributed by atoms with van der Waals surface area (Å²) in [5, 5.41) is 10.8. The molecule has 1 heterocycles. The van der Waals surface area contributed by atoms with Crippen molar-refractivity contribution in [2.75, 3.05) is 13.2 Å². The van der Waals surface area contributed by atoms with Crippen LogP contribution in [0.2, 0.25) is 0 Å². The van der Waals surface area contributed by atoms with Gasteiger partial charge < -0.3 is 14.5 Å². The van der Waals surface area contributed by atoms with Gasteiger partial charge in [0.15, 0.2) is 0 Å². The van der Waals surface area contributed by atoms with Gasteiger partial charge in [-0.25, -0.2) is 0 Å². The number of aryl methyl sites for hydroxylation is 1. The summed E-state index contributed by atoms with van der Waals surface area (Å²) in [5.74, 6) is 1.11. The highest BCUT2D eigenvalue weighted by Crippen LogP contribution is 1.98. The molecule has 1 rings (SSSR count). The Morgan fingerprint density at radius 2 is 2.21 bits per heavy atom. The van der Waals surface area contributed by atoms with Crippen molar-refractivity contribution in [3.05, 3.63) is 11.8 Å². The van der Waals surface area contributed by atoms with Crippen LogP contribution in [0.4, 0.5) is 0 Å². The van der Waals surface area contributed by atoms with Crippen molar-refractivity contribution in [2.45, 2.75) is 33.4 Å². The van der Waals surface area contributed by atoms with Crippen LogP contribution in [0.25, 0.3) is 0 Å². The van der Waals surface area contributed by atoms with Crippen molar-refractivity contribution in [3.63, 3.8) is 0 Å². The fourth-order valence-corrected chi connectivity index (χ4v) is 0.975. The fourth-order valence-electron chi connectivity index (χ4n) is 0.975. The third-order valence-corrected chi connectivity index (χ3v) is 1.59. The summed E-state index contributed by atoms with van der Waals surface area (Å²) in [4.78, 5) is 0. The van der Waals surface area contributed by atoms with Gasteiger partial charge in [-0.15, -0.1) is 10.2 Å². The lowest BCUT2D eigenvalue weighted by Crippen LogP contribution is -2.26. The Kier molecular flexibility index (Phi) is 4.55. The molecule has 0 radical (unpaired) electrons. The lowest BCUT2D eigenvalue weighted by Gasteiger charge is -2.06. The van der Waals surface area contributed by atoms with Gasteiger partial charge in [-0.3, -0.25) is 0 Å². The van der Waals surface area contributed by atoms with E-state index in [4.69, 9.17) is 9.15 Å². The molecule has 0 saturated carbocycles. The zero-order valence-corrected chi connectivity index (χ0v) is 8.91. The first kappa shape index (κ1) is 11.1. The number of ether oxygens (including phenoxy) is 1. The molecule has 0 bridgehead atoms. The van der Waals surface area contributed by atoms with E-state index in [0.29, 0.717) is 31.0 Å². The van der Waals surface area contributed by atoms with Crippen LogP contribution in [-0.4, -0.2) is 29.4 Å². The van der Waals surface area contributed by atoms with E-state index in [1.165, 1.54) is 0 Å². The van der Waals surface area contributed by atoms with Crippen LogP contribution in [0.1, 0.15) is 25.6 Å². The molecule has 0 saturated heterocycles. The van der Waals surface area contributed by atoms with Gasteiger partial charge in [0.05, 0.1) is 6.61 Å². The van der Waals surface area contributed by atoms with Crippen LogP contribution in [0.15, 0.2) is 4.42 Å². The molecule has 0 aliphatic carbocycles. The van der Waals surface area contributed by atoms with Gasteiger partial charge in [0, 0.05) is 19.5 Å². The SMILES string of the molecule is Cc1nnc(COCCNC(C)C)o1. The van der Waals surface area contributed by atoms with E-state index in [0.717, 1.165) is 6.54 Å². The summed E-state index contributed by atoms with van der Waals surface area (Å²) >= 11 is 0. The molecular weight excluding hydrogens is 182 g/mol. The molecule has 0 amide bonds. The van der Waals surface area contributed by atoms with E-state index >= 15 is 0 Å².